The zero-order valence-electron chi connectivity index (χ0n) is 12.3. The van der Waals surface area contributed by atoms with E-state index in [9.17, 15) is 8.42 Å². The standard InChI is InChI=1S/C13H24N4O2S/c1-9(2)14-7-12-8-15-16-13(12)20(18,19)17-10(3)11-5-4-6-11/h8-11,14,17H,4-7H2,1-3H3,(H,15,16). The maximum Gasteiger partial charge on any atom is 0.258 e. The molecule has 2 rings (SSSR count). The van der Waals surface area contributed by atoms with Crippen molar-refractivity contribution in [3.05, 3.63) is 11.8 Å². The minimum atomic E-state index is -3.52. The van der Waals surface area contributed by atoms with Gasteiger partial charge in [-0.05, 0) is 25.7 Å². The summed E-state index contributed by atoms with van der Waals surface area (Å²) in [7, 11) is -3.52. The Kier molecular flexibility index (Phi) is 4.82. The second-order valence-corrected chi connectivity index (χ2v) is 7.51. The third kappa shape index (κ3) is 3.59. The number of nitrogens with zero attached hydrogens (tertiary/aromatic N) is 1. The van der Waals surface area contributed by atoms with Crippen molar-refractivity contribution in [2.24, 2.45) is 5.92 Å². The molecule has 1 aliphatic rings. The summed E-state index contributed by atoms with van der Waals surface area (Å²) < 4.78 is 27.6. The maximum atomic E-state index is 12.4. The van der Waals surface area contributed by atoms with Crippen molar-refractivity contribution in [1.29, 1.82) is 0 Å². The lowest BCUT2D eigenvalue weighted by Crippen LogP contribution is -2.41. The lowest BCUT2D eigenvalue weighted by Gasteiger charge is -2.31. The Bertz CT molecular complexity index is 534. The predicted molar refractivity (Wildman–Crippen MR) is 77.7 cm³/mol. The van der Waals surface area contributed by atoms with Crippen LogP contribution in [0.3, 0.4) is 0 Å². The number of aromatic amines is 1. The molecule has 0 radical (unpaired) electrons. The highest BCUT2D eigenvalue weighted by Crippen LogP contribution is 2.30. The Hall–Kier alpha value is -0.920. The number of aromatic nitrogens is 2. The second kappa shape index (κ2) is 6.24. The molecule has 1 heterocycles. The highest BCUT2D eigenvalue weighted by atomic mass is 32.2. The molecular formula is C13H24N4O2S. The Morgan fingerprint density at radius 3 is 2.65 bits per heavy atom. The normalized spacial score (nSPS) is 18.2. The zero-order chi connectivity index (χ0) is 14.8. The van der Waals surface area contributed by atoms with Crippen LogP contribution in [0, 0.1) is 5.92 Å². The van der Waals surface area contributed by atoms with E-state index in [2.05, 4.69) is 20.2 Å². The molecule has 0 aliphatic heterocycles. The molecular weight excluding hydrogens is 276 g/mol. The molecule has 1 saturated carbocycles. The van der Waals surface area contributed by atoms with E-state index in [4.69, 9.17) is 0 Å². The van der Waals surface area contributed by atoms with E-state index in [1.807, 2.05) is 20.8 Å². The third-order valence-electron chi connectivity index (χ3n) is 3.85. The topological polar surface area (TPSA) is 86.9 Å². The Balaban J connectivity index is 2.06. The van der Waals surface area contributed by atoms with Gasteiger partial charge in [-0.25, -0.2) is 13.1 Å². The fourth-order valence-corrected chi connectivity index (χ4v) is 3.75. The summed E-state index contributed by atoms with van der Waals surface area (Å²) in [4.78, 5) is 0. The monoisotopic (exact) mass is 300 g/mol. The van der Waals surface area contributed by atoms with Gasteiger partial charge in [0.05, 0.1) is 6.20 Å². The van der Waals surface area contributed by atoms with Crippen LogP contribution in [0.4, 0.5) is 0 Å². The second-order valence-electron chi connectivity index (χ2n) is 5.86. The molecule has 0 amide bonds. The van der Waals surface area contributed by atoms with Crippen molar-refractivity contribution >= 4 is 10.0 Å². The molecule has 0 aromatic carbocycles. The molecule has 0 saturated heterocycles. The molecule has 20 heavy (non-hydrogen) atoms. The van der Waals surface area contributed by atoms with E-state index in [-0.39, 0.29) is 11.1 Å². The number of rotatable bonds is 7. The number of nitrogens with one attached hydrogen (secondary N) is 3. The van der Waals surface area contributed by atoms with Gasteiger partial charge in [-0.1, -0.05) is 20.3 Å². The SMILES string of the molecule is CC(C)NCc1cn[nH]c1S(=O)(=O)NC(C)C1CCC1. The van der Waals surface area contributed by atoms with Gasteiger partial charge < -0.3 is 5.32 Å². The summed E-state index contributed by atoms with van der Waals surface area (Å²) in [6.45, 7) is 6.46. The molecule has 1 fully saturated rings. The van der Waals surface area contributed by atoms with Crippen LogP contribution < -0.4 is 10.0 Å². The van der Waals surface area contributed by atoms with Gasteiger partial charge in [0.2, 0.25) is 0 Å². The first-order valence-electron chi connectivity index (χ1n) is 7.18. The Morgan fingerprint density at radius 2 is 2.10 bits per heavy atom. The highest BCUT2D eigenvalue weighted by Gasteiger charge is 2.29. The molecule has 7 heteroatoms. The van der Waals surface area contributed by atoms with Crippen molar-refractivity contribution in [2.45, 2.75) is 63.7 Å². The Morgan fingerprint density at radius 1 is 1.40 bits per heavy atom. The van der Waals surface area contributed by atoms with Gasteiger partial charge in [-0.3, -0.25) is 5.10 Å². The lowest BCUT2D eigenvalue weighted by atomic mass is 9.81. The van der Waals surface area contributed by atoms with Crippen LogP contribution in [0.15, 0.2) is 11.2 Å². The minimum Gasteiger partial charge on any atom is -0.310 e. The van der Waals surface area contributed by atoms with Crippen molar-refractivity contribution in [2.75, 3.05) is 0 Å². The molecule has 1 atom stereocenters. The fraction of sp³-hybridized carbons (Fsp3) is 0.769. The van der Waals surface area contributed by atoms with Crippen LogP contribution in [0.1, 0.15) is 45.6 Å². The first-order valence-corrected chi connectivity index (χ1v) is 8.66. The predicted octanol–water partition coefficient (Wildman–Crippen LogP) is 1.37. The van der Waals surface area contributed by atoms with Gasteiger partial charge >= 0.3 is 0 Å². The molecule has 0 bridgehead atoms. The highest BCUT2D eigenvalue weighted by molar-refractivity contribution is 7.89. The summed E-state index contributed by atoms with van der Waals surface area (Å²) in [5, 5.41) is 9.86. The molecule has 3 N–H and O–H groups in total. The number of hydrogen-bond donors (Lipinski definition) is 3. The molecule has 6 nitrogen and oxygen atoms in total. The summed E-state index contributed by atoms with van der Waals surface area (Å²) in [6, 6.07) is 0.269. The quantitative estimate of drug-likeness (QED) is 0.710. The number of H-pyrrole nitrogens is 1. The third-order valence-corrected chi connectivity index (χ3v) is 5.42. The van der Waals surface area contributed by atoms with Crippen molar-refractivity contribution in [1.82, 2.24) is 20.2 Å². The maximum absolute atomic E-state index is 12.4. The van der Waals surface area contributed by atoms with Gasteiger partial charge in [0, 0.05) is 24.2 Å². The van der Waals surface area contributed by atoms with E-state index >= 15 is 0 Å². The molecule has 114 valence electrons. The van der Waals surface area contributed by atoms with Crippen LogP contribution >= 0.6 is 0 Å². The number of sulfonamides is 1. The first kappa shape index (κ1) is 15.5. The van der Waals surface area contributed by atoms with Crippen LogP contribution in [0.5, 0.6) is 0 Å². The van der Waals surface area contributed by atoms with E-state index < -0.39 is 10.0 Å². The Labute approximate surface area is 120 Å². The van der Waals surface area contributed by atoms with Crippen LogP contribution in [0.2, 0.25) is 0 Å². The molecule has 1 aromatic heterocycles. The van der Waals surface area contributed by atoms with Crippen LogP contribution in [-0.4, -0.2) is 30.7 Å². The van der Waals surface area contributed by atoms with E-state index in [0.717, 1.165) is 12.8 Å². The van der Waals surface area contributed by atoms with Crippen LogP contribution in [0.25, 0.3) is 0 Å². The van der Waals surface area contributed by atoms with Crippen LogP contribution in [-0.2, 0) is 16.6 Å². The van der Waals surface area contributed by atoms with Gasteiger partial charge in [0.15, 0.2) is 5.03 Å². The summed E-state index contributed by atoms with van der Waals surface area (Å²) in [5.41, 5.74) is 0.673. The van der Waals surface area contributed by atoms with E-state index in [1.54, 1.807) is 6.20 Å². The van der Waals surface area contributed by atoms with Crippen molar-refractivity contribution in [3.63, 3.8) is 0 Å². The smallest absolute Gasteiger partial charge is 0.258 e. The zero-order valence-corrected chi connectivity index (χ0v) is 13.1. The fourth-order valence-electron chi connectivity index (χ4n) is 2.31. The summed E-state index contributed by atoms with van der Waals surface area (Å²) >= 11 is 0. The van der Waals surface area contributed by atoms with Gasteiger partial charge in [0.1, 0.15) is 0 Å². The first-order chi connectivity index (χ1) is 9.40. The van der Waals surface area contributed by atoms with Crippen molar-refractivity contribution < 1.29 is 8.42 Å². The lowest BCUT2D eigenvalue weighted by molar-refractivity contribution is 0.260. The number of hydrogen-bond acceptors (Lipinski definition) is 4. The van der Waals surface area contributed by atoms with E-state index in [0.29, 0.717) is 24.1 Å². The summed E-state index contributed by atoms with van der Waals surface area (Å²) in [6.07, 6.45) is 4.98. The van der Waals surface area contributed by atoms with Gasteiger partial charge in [-0.2, -0.15) is 5.10 Å². The summed E-state index contributed by atoms with van der Waals surface area (Å²) in [5.74, 6) is 0.463. The molecule has 0 spiro atoms. The molecule has 1 aliphatic carbocycles. The average Bonchev–Trinajstić information content (AvgIpc) is 2.71. The largest absolute Gasteiger partial charge is 0.310 e. The van der Waals surface area contributed by atoms with Gasteiger partial charge in [0.25, 0.3) is 10.0 Å². The van der Waals surface area contributed by atoms with E-state index in [1.165, 1.54) is 6.42 Å². The van der Waals surface area contributed by atoms with Crippen molar-refractivity contribution in [3.8, 4) is 0 Å². The molecule has 1 unspecified atom stereocenters. The average molecular weight is 300 g/mol. The van der Waals surface area contributed by atoms with Gasteiger partial charge in [-0.15, -0.1) is 0 Å². The minimum absolute atomic E-state index is 0.0250. The molecule has 1 aromatic rings.